The van der Waals surface area contributed by atoms with Gasteiger partial charge in [0.15, 0.2) is 5.54 Å². The van der Waals surface area contributed by atoms with Crippen LogP contribution in [0, 0.1) is 6.92 Å². The zero-order valence-electron chi connectivity index (χ0n) is 11.6. The van der Waals surface area contributed by atoms with Crippen molar-refractivity contribution in [2.45, 2.75) is 39.2 Å². The lowest BCUT2D eigenvalue weighted by Gasteiger charge is -2.37. The Kier molecular flexibility index (Phi) is 3.35. The minimum atomic E-state index is -1.19. The molecule has 0 saturated carbocycles. The molecule has 1 aliphatic rings. The predicted molar refractivity (Wildman–Crippen MR) is 71.9 cm³/mol. The van der Waals surface area contributed by atoms with E-state index in [1.807, 2.05) is 32.0 Å². The van der Waals surface area contributed by atoms with Crippen molar-refractivity contribution >= 4 is 11.9 Å². The summed E-state index contributed by atoms with van der Waals surface area (Å²) < 4.78 is 0. The zero-order chi connectivity index (χ0) is 14.2. The van der Waals surface area contributed by atoms with Crippen LogP contribution in [0.25, 0.3) is 0 Å². The van der Waals surface area contributed by atoms with Crippen molar-refractivity contribution < 1.29 is 14.7 Å². The van der Waals surface area contributed by atoms with E-state index in [1.165, 1.54) is 11.8 Å². The second-order valence-electron chi connectivity index (χ2n) is 5.09. The number of amides is 1. The summed E-state index contributed by atoms with van der Waals surface area (Å²) in [6, 6.07) is 5.87. The molecular weight excluding hydrogens is 242 g/mol. The van der Waals surface area contributed by atoms with Crippen LogP contribution in [0.5, 0.6) is 0 Å². The van der Waals surface area contributed by atoms with Gasteiger partial charge < -0.3 is 10.0 Å². The van der Waals surface area contributed by atoms with Crippen molar-refractivity contribution in [2.75, 3.05) is 6.54 Å². The van der Waals surface area contributed by atoms with E-state index >= 15 is 0 Å². The second kappa shape index (κ2) is 4.68. The van der Waals surface area contributed by atoms with Crippen molar-refractivity contribution in [1.82, 2.24) is 4.90 Å². The van der Waals surface area contributed by atoms with Gasteiger partial charge in [0.1, 0.15) is 0 Å². The van der Waals surface area contributed by atoms with E-state index in [0.29, 0.717) is 19.4 Å². The van der Waals surface area contributed by atoms with Crippen LogP contribution in [0.1, 0.15) is 37.0 Å². The highest BCUT2D eigenvalue weighted by molar-refractivity contribution is 5.88. The quantitative estimate of drug-likeness (QED) is 0.906. The Morgan fingerprint density at radius 1 is 1.42 bits per heavy atom. The largest absolute Gasteiger partial charge is 0.479 e. The van der Waals surface area contributed by atoms with Gasteiger partial charge in [-0.1, -0.05) is 23.8 Å². The summed E-state index contributed by atoms with van der Waals surface area (Å²) in [6.07, 6.45) is 1.15. The fraction of sp³-hybridized carbons (Fsp3) is 0.467. The number of fused-ring (bicyclic) bond motifs is 1. The molecule has 0 fully saturated rings. The van der Waals surface area contributed by atoms with Gasteiger partial charge in [0.2, 0.25) is 5.91 Å². The summed E-state index contributed by atoms with van der Waals surface area (Å²) >= 11 is 0. The Morgan fingerprint density at radius 2 is 2.11 bits per heavy atom. The lowest BCUT2D eigenvalue weighted by atomic mass is 9.88. The van der Waals surface area contributed by atoms with E-state index in [0.717, 1.165) is 16.7 Å². The summed E-state index contributed by atoms with van der Waals surface area (Å²) in [5, 5.41) is 9.76. The highest BCUT2D eigenvalue weighted by Gasteiger charge is 2.50. The molecule has 0 bridgehead atoms. The van der Waals surface area contributed by atoms with Crippen LogP contribution in [-0.2, 0) is 21.5 Å². The van der Waals surface area contributed by atoms with Gasteiger partial charge in [0.25, 0.3) is 0 Å². The number of nitrogens with zero attached hydrogens (tertiary/aromatic N) is 1. The van der Waals surface area contributed by atoms with E-state index in [-0.39, 0.29) is 5.91 Å². The Hall–Kier alpha value is -1.84. The molecule has 1 atom stereocenters. The molecule has 1 amide bonds. The van der Waals surface area contributed by atoms with Crippen LogP contribution in [-0.4, -0.2) is 28.4 Å². The monoisotopic (exact) mass is 261 g/mol. The lowest BCUT2D eigenvalue weighted by molar-refractivity contribution is -0.159. The van der Waals surface area contributed by atoms with E-state index in [2.05, 4.69) is 0 Å². The maximum Gasteiger partial charge on any atom is 0.334 e. The van der Waals surface area contributed by atoms with Crippen molar-refractivity contribution in [1.29, 1.82) is 0 Å². The van der Waals surface area contributed by atoms with Crippen LogP contribution in [0.2, 0.25) is 0 Å². The van der Waals surface area contributed by atoms with Crippen molar-refractivity contribution in [3.05, 3.63) is 34.9 Å². The Balaban J connectivity index is 2.65. The van der Waals surface area contributed by atoms with E-state index in [4.69, 9.17) is 0 Å². The first kappa shape index (κ1) is 13.6. The van der Waals surface area contributed by atoms with Crippen molar-refractivity contribution in [3.8, 4) is 0 Å². The molecule has 2 rings (SSSR count). The van der Waals surface area contributed by atoms with E-state index in [1.54, 1.807) is 0 Å². The molecule has 0 heterocycles. The molecule has 0 aromatic heterocycles. The highest BCUT2D eigenvalue weighted by atomic mass is 16.4. The summed E-state index contributed by atoms with van der Waals surface area (Å²) in [7, 11) is 0. The van der Waals surface area contributed by atoms with Gasteiger partial charge in [-0.15, -0.1) is 0 Å². The van der Waals surface area contributed by atoms with Gasteiger partial charge in [-0.2, -0.15) is 0 Å². The standard InChI is InChI=1S/C15H19NO3/c1-4-16(11(3)17)15(14(18)19)8-7-12-6-5-10(2)9-13(12)15/h5-6,9H,4,7-8H2,1-3H3,(H,18,19). The number of carbonyl (C=O) groups excluding carboxylic acids is 1. The molecule has 0 radical (unpaired) electrons. The Morgan fingerprint density at radius 3 is 2.63 bits per heavy atom. The van der Waals surface area contributed by atoms with Crippen molar-refractivity contribution in [2.24, 2.45) is 0 Å². The molecule has 1 aromatic carbocycles. The van der Waals surface area contributed by atoms with Crippen LogP contribution < -0.4 is 0 Å². The number of carboxylic acids is 1. The van der Waals surface area contributed by atoms with Gasteiger partial charge in [-0.25, -0.2) is 4.79 Å². The first-order valence-corrected chi connectivity index (χ1v) is 6.55. The molecule has 0 saturated heterocycles. The minimum Gasteiger partial charge on any atom is -0.479 e. The fourth-order valence-corrected chi connectivity index (χ4v) is 3.12. The normalized spacial score (nSPS) is 21.0. The minimum absolute atomic E-state index is 0.195. The molecule has 1 unspecified atom stereocenters. The van der Waals surface area contributed by atoms with Crippen LogP contribution in [0.4, 0.5) is 0 Å². The smallest absolute Gasteiger partial charge is 0.334 e. The number of hydrogen-bond acceptors (Lipinski definition) is 2. The Bertz CT molecular complexity index is 538. The fourth-order valence-electron chi connectivity index (χ4n) is 3.12. The topological polar surface area (TPSA) is 57.6 Å². The third-order valence-corrected chi connectivity index (χ3v) is 3.98. The number of carboxylic acid groups (broad SMARTS) is 1. The molecule has 4 nitrogen and oxygen atoms in total. The molecule has 1 aliphatic carbocycles. The molecule has 102 valence electrons. The first-order chi connectivity index (χ1) is 8.93. The maximum atomic E-state index is 11.9. The lowest BCUT2D eigenvalue weighted by Crippen LogP contribution is -2.52. The number of hydrogen-bond donors (Lipinski definition) is 1. The van der Waals surface area contributed by atoms with Crippen LogP contribution in [0.3, 0.4) is 0 Å². The average molecular weight is 261 g/mol. The van der Waals surface area contributed by atoms with Gasteiger partial charge in [-0.05, 0) is 37.8 Å². The highest BCUT2D eigenvalue weighted by Crippen LogP contribution is 2.42. The molecule has 19 heavy (non-hydrogen) atoms. The maximum absolute atomic E-state index is 11.9. The number of aryl methyl sites for hydroxylation is 2. The summed E-state index contributed by atoms with van der Waals surface area (Å²) in [5.74, 6) is -1.13. The number of rotatable bonds is 3. The number of benzene rings is 1. The molecular formula is C15H19NO3. The SMILES string of the molecule is CCN(C(C)=O)C1(C(=O)O)CCc2ccc(C)cc21. The third kappa shape index (κ3) is 1.91. The molecule has 1 aromatic rings. The van der Waals surface area contributed by atoms with Crippen LogP contribution >= 0.6 is 0 Å². The van der Waals surface area contributed by atoms with E-state index in [9.17, 15) is 14.7 Å². The molecule has 1 N–H and O–H groups in total. The number of likely N-dealkylation sites (N-methyl/N-ethyl adjacent to an activating group) is 1. The average Bonchev–Trinajstić information content (AvgIpc) is 2.70. The Labute approximate surface area is 113 Å². The van der Waals surface area contributed by atoms with Crippen molar-refractivity contribution in [3.63, 3.8) is 0 Å². The van der Waals surface area contributed by atoms with Crippen LogP contribution in [0.15, 0.2) is 18.2 Å². The van der Waals surface area contributed by atoms with Gasteiger partial charge in [0, 0.05) is 13.5 Å². The van der Waals surface area contributed by atoms with Gasteiger partial charge >= 0.3 is 5.97 Å². The summed E-state index contributed by atoms with van der Waals surface area (Å²) in [5.41, 5.74) is 1.64. The predicted octanol–water partition coefficient (Wildman–Crippen LogP) is 2.09. The molecule has 0 spiro atoms. The van der Waals surface area contributed by atoms with Gasteiger partial charge in [-0.3, -0.25) is 4.79 Å². The third-order valence-electron chi connectivity index (χ3n) is 3.98. The molecule has 0 aliphatic heterocycles. The summed E-state index contributed by atoms with van der Waals surface area (Å²) in [4.78, 5) is 25.2. The number of carbonyl (C=O) groups is 2. The molecule has 4 heteroatoms. The second-order valence-corrected chi connectivity index (χ2v) is 5.09. The first-order valence-electron chi connectivity index (χ1n) is 6.55. The van der Waals surface area contributed by atoms with Gasteiger partial charge in [0.05, 0.1) is 0 Å². The summed E-state index contributed by atoms with van der Waals surface area (Å²) in [6.45, 7) is 5.59. The van der Waals surface area contributed by atoms with E-state index < -0.39 is 11.5 Å². The number of aliphatic carboxylic acids is 1. The zero-order valence-corrected chi connectivity index (χ0v) is 11.6.